The number of hydrogen-bond donors (Lipinski definition) is 2. The zero-order chi connectivity index (χ0) is 18.6. The minimum atomic E-state index is -1.02. The molecule has 3 unspecified atom stereocenters. The molecule has 6 heteroatoms. The molecule has 0 fully saturated rings. The molecule has 2 rings (SSSR count). The van der Waals surface area contributed by atoms with Gasteiger partial charge in [0.25, 0.3) is 0 Å². The second-order valence-corrected chi connectivity index (χ2v) is 5.87. The van der Waals surface area contributed by atoms with Gasteiger partial charge >= 0.3 is 0 Å². The van der Waals surface area contributed by atoms with Crippen LogP contribution in [0.3, 0.4) is 0 Å². The Morgan fingerprint density at radius 1 is 1.08 bits per heavy atom. The third-order valence-corrected chi connectivity index (χ3v) is 4.13. The summed E-state index contributed by atoms with van der Waals surface area (Å²) in [6, 6.07) is 9.59. The lowest BCUT2D eigenvalue weighted by Crippen LogP contribution is -2.39. The highest BCUT2D eigenvalue weighted by atomic mass is 19.1. The number of benzene rings is 2. The standard InChI is InChI=1S/C19H21F2NO3/c1-11(17-15(20)5-4-6-16(17)21)19(24)22-12(2)18(23)13-7-9-14(25-3)10-8-13/h4-12,18,23H,1-3H3,(H,22,24). The fraction of sp³-hybridized carbons (Fsp3) is 0.316. The van der Waals surface area contributed by atoms with Crippen LogP contribution in [0.4, 0.5) is 8.78 Å². The molecule has 2 N–H and O–H groups in total. The molecule has 2 aromatic rings. The van der Waals surface area contributed by atoms with Crippen LogP contribution in [0.1, 0.15) is 37.0 Å². The van der Waals surface area contributed by atoms with Gasteiger partial charge in [-0.05, 0) is 43.7 Å². The lowest BCUT2D eigenvalue weighted by atomic mass is 9.97. The van der Waals surface area contributed by atoms with Crippen molar-refractivity contribution in [1.82, 2.24) is 5.32 Å². The molecule has 0 aliphatic rings. The lowest BCUT2D eigenvalue weighted by molar-refractivity contribution is -0.123. The van der Waals surface area contributed by atoms with Crippen LogP contribution in [-0.4, -0.2) is 24.2 Å². The quantitative estimate of drug-likeness (QED) is 0.841. The predicted octanol–water partition coefficient (Wildman–Crippen LogP) is 3.32. The molecule has 2 aromatic carbocycles. The van der Waals surface area contributed by atoms with Gasteiger partial charge in [-0.1, -0.05) is 18.2 Å². The van der Waals surface area contributed by atoms with Gasteiger partial charge < -0.3 is 15.2 Å². The third-order valence-electron chi connectivity index (χ3n) is 4.13. The number of hydrogen-bond acceptors (Lipinski definition) is 3. The number of aliphatic hydroxyl groups is 1. The maximum Gasteiger partial charge on any atom is 0.227 e. The molecule has 0 aliphatic carbocycles. The second kappa shape index (κ2) is 8.07. The van der Waals surface area contributed by atoms with E-state index in [0.717, 1.165) is 12.1 Å². The zero-order valence-electron chi connectivity index (χ0n) is 14.3. The highest BCUT2D eigenvalue weighted by Gasteiger charge is 2.26. The van der Waals surface area contributed by atoms with Crippen molar-refractivity contribution >= 4 is 5.91 Å². The average Bonchev–Trinajstić information content (AvgIpc) is 2.60. The van der Waals surface area contributed by atoms with Gasteiger partial charge in [0.05, 0.1) is 25.2 Å². The van der Waals surface area contributed by atoms with Crippen molar-refractivity contribution in [3.05, 3.63) is 65.2 Å². The largest absolute Gasteiger partial charge is 0.497 e. The fourth-order valence-corrected chi connectivity index (χ4v) is 2.57. The van der Waals surface area contributed by atoms with Crippen LogP contribution in [-0.2, 0) is 4.79 Å². The summed E-state index contributed by atoms with van der Waals surface area (Å²) in [5.41, 5.74) is 0.310. The monoisotopic (exact) mass is 349 g/mol. The highest BCUT2D eigenvalue weighted by molar-refractivity contribution is 5.83. The second-order valence-electron chi connectivity index (χ2n) is 5.87. The molecule has 0 bridgehead atoms. The Labute approximate surface area is 145 Å². The summed E-state index contributed by atoms with van der Waals surface area (Å²) in [4.78, 5) is 12.3. The van der Waals surface area contributed by atoms with Crippen LogP contribution < -0.4 is 10.1 Å². The molecule has 3 atom stereocenters. The Morgan fingerprint density at radius 3 is 2.16 bits per heavy atom. The van der Waals surface area contributed by atoms with E-state index in [2.05, 4.69) is 5.32 Å². The topological polar surface area (TPSA) is 58.6 Å². The van der Waals surface area contributed by atoms with Gasteiger partial charge in [-0.2, -0.15) is 0 Å². The molecule has 0 saturated heterocycles. The van der Waals surface area contributed by atoms with E-state index in [1.165, 1.54) is 20.1 Å². The van der Waals surface area contributed by atoms with Crippen molar-refractivity contribution in [1.29, 1.82) is 0 Å². The van der Waals surface area contributed by atoms with E-state index < -0.39 is 35.6 Å². The van der Waals surface area contributed by atoms with E-state index >= 15 is 0 Å². The summed E-state index contributed by atoms with van der Waals surface area (Å²) in [5.74, 6) is -2.48. The Hall–Kier alpha value is -2.47. The average molecular weight is 349 g/mol. The first kappa shape index (κ1) is 18.9. The summed E-state index contributed by atoms with van der Waals surface area (Å²) in [7, 11) is 1.54. The normalized spacial score (nSPS) is 14.5. The number of aliphatic hydroxyl groups excluding tert-OH is 1. The first-order chi connectivity index (χ1) is 11.8. The molecule has 25 heavy (non-hydrogen) atoms. The summed E-state index contributed by atoms with van der Waals surface area (Å²) >= 11 is 0. The fourth-order valence-electron chi connectivity index (χ4n) is 2.57. The van der Waals surface area contributed by atoms with Gasteiger partial charge in [-0.25, -0.2) is 8.78 Å². The number of carbonyl (C=O) groups excluding carboxylic acids is 1. The zero-order valence-corrected chi connectivity index (χ0v) is 14.3. The van der Waals surface area contributed by atoms with Crippen molar-refractivity contribution in [2.24, 2.45) is 0 Å². The lowest BCUT2D eigenvalue weighted by Gasteiger charge is -2.23. The maximum atomic E-state index is 13.8. The van der Waals surface area contributed by atoms with Gasteiger partial charge in [0.2, 0.25) is 5.91 Å². The molecule has 0 aromatic heterocycles. The van der Waals surface area contributed by atoms with Crippen molar-refractivity contribution in [3.8, 4) is 5.75 Å². The maximum absolute atomic E-state index is 13.8. The first-order valence-corrected chi connectivity index (χ1v) is 7.91. The molecule has 0 radical (unpaired) electrons. The molecule has 1 amide bonds. The van der Waals surface area contributed by atoms with Crippen LogP contribution in [0, 0.1) is 11.6 Å². The van der Waals surface area contributed by atoms with Gasteiger partial charge in [0.1, 0.15) is 17.4 Å². The number of halogens is 2. The summed E-state index contributed by atoms with van der Waals surface area (Å²) in [6.45, 7) is 3.04. The number of ether oxygens (including phenoxy) is 1. The molecular formula is C19H21F2NO3. The van der Waals surface area contributed by atoms with E-state index in [9.17, 15) is 18.7 Å². The van der Waals surface area contributed by atoms with Crippen LogP contribution in [0.25, 0.3) is 0 Å². The van der Waals surface area contributed by atoms with E-state index in [0.29, 0.717) is 11.3 Å². The summed E-state index contributed by atoms with van der Waals surface area (Å²) in [5, 5.41) is 13.0. The smallest absolute Gasteiger partial charge is 0.227 e. The van der Waals surface area contributed by atoms with Crippen molar-refractivity contribution < 1.29 is 23.4 Å². The Morgan fingerprint density at radius 2 is 1.64 bits per heavy atom. The van der Waals surface area contributed by atoms with E-state index in [1.807, 2.05) is 0 Å². The molecule has 0 aliphatic heterocycles. The summed E-state index contributed by atoms with van der Waals surface area (Å²) < 4.78 is 32.7. The Kier molecular flexibility index (Phi) is 6.09. The first-order valence-electron chi connectivity index (χ1n) is 7.91. The van der Waals surface area contributed by atoms with Crippen molar-refractivity contribution in [3.63, 3.8) is 0 Å². The molecule has 134 valence electrons. The SMILES string of the molecule is COc1ccc(C(O)C(C)NC(=O)C(C)c2c(F)cccc2F)cc1. The van der Waals surface area contributed by atoms with E-state index in [1.54, 1.807) is 31.2 Å². The van der Waals surface area contributed by atoms with Gasteiger partial charge in [0.15, 0.2) is 0 Å². The van der Waals surface area contributed by atoms with Crippen molar-refractivity contribution in [2.45, 2.75) is 31.9 Å². The number of rotatable bonds is 6. The number of nitrogens with one attached hydrogen (secondary N) is 1. The molecule has 0 saturated carbocycles. The van der Waals surface area contributed by atoms with E-state index in [4.69, 9.17) is 4.74 Å². The number of methoxy groups -OCH3 is 1. The molecular weight excluding hydrogens is 328 g/mol. The minimum absolute atomic E-state index is 0.286. The Bertz CT molecular complexity index is 714. The molecule has 0 spiro atoms. The summed E-state index contributed by atoms with van der Waals surface area (Å²) in [6.07, 6.45) is -0.965. The van der Waals surface area contributed by atoms with E-state index in [-0.39, 0.29) is 5.56 Å². The van der Waals surface area contributed by atoms with Crippen LogP contribution in [0.2, 0.25) is 0 Å². The van der Waals surface area contributed by atoms with Crippen LogP contribution in [0.15, 0.2) is 42.5 Å². The minimum Gasteiger partial charge on any atom is -0.497 e. The van der Waals surface area contributed by atoms with Gasteiger partial charge in [-0.3, -0.25) is 4.79 Å². The van der Waals surface area contributed by atoms with Crippen LogP contribution in [0.5, 0.6) is 5.75 Å². The Balaban J connectivity index is 2.08. The number of amides is 1. The van der Waals surface area contributed by atoms with Gasteiger partial charge in [0, 0.05) is 5.56 Å². The molecule has 4 nitrogen and oxygen atoms in total. The molecule has 0 heterocycles. The highest BCUT2D eigenvalue weighted by Crippen LogP contribution is 2.24. The van der Waals surface area contributed by atoms with Crippen LogP contribution >= 0.6 is 0 Å². The number of carbonyl (C=O) groups is 1. The van der Waals surface area contributed by atoms with Crippen molar-refractivity contribution in [2.75, 3.05) is 7.11 Å². The van der Waals surface area contributed by atoms with Gasteiger partial charge in [-0.15, -0.1) is 0 Å². The predicted molar refractivity (Wildman–Crippen MR) is 90.3 cm³/mol. The third kappa shape index (κ3) is 4.33.